The first-order valence-electron chi connectivity index (χ1n) is 6.82. The number of fused-ring (bicyclic) bond motifs is 1. The van der Waals surface area contributed by atoms with Crippen molar-refractivity contribution in [1.29, 1.82) is 0 Å². The number of hydrogen-bond donors (Lipinski definition) is 0. The molecule has 0 bridgehead atoms. The van der Waals surface area contributed by atoms with Crippen molar-refractivity contribution in [2.24, 2.45) is 14.1 Å². The molecule has 0 fully saturated rings. The van der Waals surface area contributed by atoms with E-state index >= 15 is 0 Å². The molecule has 1 aromatic carbocycles. The molecule has 0 radical (unpaired) electrons. The molecule has 9 heteroatoms. The average molecular weight is 336 g/mol. The number of aryl methyl sites for hydroxylation is 2. The van der Waals surface area contributed by atoms with Crippen molar-refractivity contribution in [3.05, 3.63) is 62.6 Å². The number of carboxylic acids is 1. The second-order valence-corrected chi connectivity index (χ2v) is 5.21. The maximum atomic E-state index is 12.6. The smallest absolute Gasteiger partial charge is 0.545 e. The molecule has 118 valence electrons. The molecule has 24 heavy (non-hydrogen) atoms. The molecular formula is C15H13N4NaO4. The third-order valence-electron chi connectivity index (χ3n) is 3.77. The van der Waals surface area contributed by atoms with Gasteiger partial charge in [-0.05, 0) is 5.56 Å². The number of nitrogens with zero attached hydrogens (tertiary/aromatic N) is 4. The maximum Gasteiger partial charge on any atom is 1.00 e. The van der Waals surface area contributed by atoms with Crippen molar-refractivity contribution < 1.29 is 39.5 Å². The Kier molecular flexibility index (Phi) is 5.12. The summed E-state index contributed by atoms with van der Waals surface area (Å²) >= 11 is 0. The third kappa shape index (κ3) is 2.83. The van der Waals surface area contributed by atoms with Gasteiger partial charge in [-0.1, -0.05) is 24.3 Å². The molecule has 0 aliphatic carbocycles. The number of rotatable bonds is 3. The number of carbonyl (C=O) groups excluding carboxylic acids is 1. The second kappa shape index (κ2) is 6.76. The summed E-state index contributed by atoms with van der Waals surface area (Å²) in [5.41, 5.74) is -0.240. The van der Waals surface area contributed by atoms with Crippen molar-refractivity contribution in [3.63, 3.8) is 0 Å². The molecule has 2 heterocycles. The summed E-state index contributed by atoms with van der Waals surface area (Å²) in [7, 11) is 3.17. The third-order valence-corrected chi connectivity index (χ3v) is 3.77. The first kappa shape index (κ1) is 18.2. The molecule has 0 saturated heterocycles. The maximum absolute atomic E-state index is 12.6. The molecule has 0 aliphatic heterocycles. The van der Waals surface area contributed by atoms with Crippen LogP contribution >= 0.6 is 0 Å². The van der Waals surface area contributed by atoms with Crippen LogP contribution in [0.1, 0.15) is 15.9 Å². The molecule has 0 saturated carbocycles. The molecule has 0 amide bonds. The van der Waals surface area contributed by atoms with E-state index in [4.69, 9.17) is 0 Å². The van der Waals surface area contributed by atoms with Gasteiger partial charge in [0.15, 0.2) is 11.2 Å². The second-order valence-electron chi connectivity index (χ2n) is 5.21. The van der Waals surface area contributed by atoms with Crippen molar-refractivity contribution in [2.75, 3.05) is 0 Å². The Labute approximate surface area is 158 Å². The number of aromatic carboxylic acids is 1. The fraction of sp³-hybridized carbons (Fsp3) is 0.200. The van der Waals surface area contributed by atoms with Gasteiger partial charge in [0.1, 0.15) is 0 Å². The first-order chi connectivity index (χ1) is 10.9. The normalized spacial score (nSPS) is 10.6. The van der Waals surface area contributed by atoms with Gasteiger partial charge in [-0.2, -0.15) is 0 Å². The molecule has 2 aromatic heterocycles. The predicted molar refractivity (Wildman–Crippen MR) is 80.1 cm³/mol. The van der Waals surface area contributed by atoms with Gasteiger partial charge >= 0.3 is 35.2 Å². The molecule has 0 aliphatic rings. The Balaban J connectivity index is 0.00000208. The van der Waals surface area contributed by atoms with Gasteiger partial charge in [-0.15, -0.1) is 0 Å². The number of aromatic nitrogens is 4. The molecule has 3 rings (SSSR count). The van der Waals surface area contributed by atoms with Crippen LogP contribution in [0.5, 0.6) is 0 Å². The van der Waals surface area contributed by atoms with E-state index < -0.39 is 17.2 Å². The van der Waals surface area contributed by atoms with E-state index in [0.717, 1.165) is 4.57 Å². The monoisotopic (exact) mass is 336 g/mol. The molecular weight excluding hydrogens is 323 g/mol. The average Bonchev–Trinajstić information content (AvgIpc) is 2.91. The summed E-state index contributed by atoms with van der Waals surface area (Å²) in [6.45, 7) is -0.156. The van der Waals surface area contributed by atoms with Crippen molar-refractivity contribution in [3.8, 4) is 0 Å². The quantitative estimate of drug-likeness (QED) is 0.452. The summed E-state index contributed by atoms with van der Waals surface area (Å²) in [4.78, 5) is 40.2. The SMILES string of the molecule is Cn1cnc2c1c(=O)n(Cc1ccccc1C(=O)[O-])c(=O)n2C.[Na+]. The van der Waals surface area contributed by atoms with Crippen molar-refractivity contribution in [2.45, 2.75) is 6.54 Å². The van der Waals surface area contributed by atoms with Gasteiger partial charge < -0.3 is 14.5 Å². The molecule has 3 aromatic rings. The Morgan fingerprint density at radius 1 is 1.21 bits per heavy atom. The minimum Gasteiger partial charge on any atom is -0.545 e. The molecule has 0 unspecified atom stereocenters. The van der Waals surface area contributed by atoms with Crippen LogP contribution in [0.3, 0.4) is 0 Å². The van der Waals surface area contributed by atoms with E-state index in [1.54, 1.807) is 25.2 Å². The summed E-state index contributed by atoms with van der Waals surface area (Å²) in [6.07, 6.45) is 1.45. The van der Waals surface area contributed by atoms with E-state index in [9.17, 15) is 19.5 Å². The van der Waals surface area contributed by atoms with Crippen molar-refractivity contribution >= 4 is 17.1 Å². The van der Waals surface area contributed by atoms with Gasteiger partial charge in [0.2, 0.25) is 0 Å². The van der Waals surface area contributed by atoms with E-state index in [1.165, 1.54) is 28.6 Å². The van der Waals surface area contributed by atoms with Gasteiger partial charge in [0.05, 0.1) is 18.8 Å². The zero-order valence-corrected chi connectivity index (χ0v) is 15.5. The van der Waals surface area contributed by atoms with Crippen LogP contribution in [0.15, 0.2) is 40.2 Å². The number of carbonyl (C=O) groups is 1. The Hall–Kier alpha value is -2.16. The summed E-state index contributed by atoms with van der Waals surface area (Å²) < 4.78 is 3.78. The van der Waals surface area contributed by atoms with Crippen LogP contribution in [-0.4, -0.2) is 24.7 Å². The zero-order valence-electron chi connectivity index (χ0n) is 13.5. The Bertz CT molecular complexity index is 1050. The largest absolute Gasteiger partial charge is 1.00 e. The predicted octanol–water partition coefficient (Wildman–Crippen LogP) is -4.15. The molecule has 0 spiro atoms. The molecule has 0 atom stereocenters. The van der Waals surface area contributed by atoms with Crippen LogP contribution in [-0.2, 0) is 20.6 Å². The number of imidazole rings is 1. The van der Waals surface area contributed by atoms with Gasteiger partial charge in [0.25, 0.3) is 5.56 Å². The number of carboxylic acid groups (broad SMARTS) is 1. The number of hydrogen-bond acceptors (Lipinski definition) is 5. The molecule has 0 N–H and O–H groups in total. The minimum atomic E-state index is -1.35. The molecule has 8 nitrogen and oxygen atoms in total. The van der Waals surface area contributed by atoms with Gasteiger partial charge in [-0.25, -0.2) is 9.78 Å². The van der Waals surface area contributed by atoms with E-state index in [1.807, 2.05) is 0 Å². The van der Waals surface area contributed by atoms with E-state index in [0.29, 0.717) is 5.56 Å². The van der Waals surface area contributed by atoms with Crippen molar-refractivity contribution in [1.82, 2.24) is 18.7 Å². The number of benzene rings is 1. The summed E-state index contributed by atoms with van der Waals surface area (Å²) in [5.74, 6) is -1.35. The van der Waals surface area contributed by atoms with E-state index in [-0.39, 0.29) is 52.8 Å². The van der Waals surface area contributed by atoms with Crippen LogP contribution in [0.2, 0.25) is 0 Å². The summed E-state index contributed by atoms with van der Waals surface area (Å²) in [5, 5.41) is 11.2. The fourth-order valence-electron chi connectivity index (χ4n) is 2.56. The fourth-order valence-corrected chi connectivity index (χ4v) is 2.56. The van der Waals surface area contributed by atoms with Gasteiger partial charge in [-0.3, -0.25) is 13.9 Å². The van der Waals surface area contributed by atoms with E-state index in [2.05, 4.69) is 4.98 Å². The standard InChI is InChI=1S/C15H14N4O4.Na/c1-17-8-16-12-11(17)13(20)19(15(23)18(12)2)7-9-5-3-4-6-10(9)14(21)22;/h3-6,8H,7H2,1-2H3,(H,21,22);/q;+1/p-1. The van der Waals surface area contributed by atoms with Crippen LogP contribution in [0.4, 0.5) is 0 Å². The Morgan fingerprint density at radius 2 is 1.88 bits per heavy atom. The van der Waals surface area contributed by atoms with Crippen LogP contribution < -0.4 is 45.9 Å². The first-order valence-corrected chi connectivity index (χ1v) is 6.82. The summed E-state index contributed by atoms with van der Waals surface area (Å²) in [6, 6.07) is 6.12. The zero-order chi connectivity index (χ0) is 16.7. The van der Waals surface area contributed by atoms with Gasteiger partial charge in [0, 0.05) is 19.7 Å². The van der Waals surface area contributed by atoms with Crippen LogP contribution in [0.25, 0.3) is 11.2 Å². The minimum absolute atomic E-state index is 0. The van der Waals surface area contributed by atoms with Crippen LogP contribution in [0, 0.1) is 0 Å². The Morgan fingerprint density at radius 3 is 2.54 bits per heavy atom. The topological polar surface area (TPSA) is 102 Å².